The number of hydrogen-bond donors (Lipinski definition) is 1. The Kier molecular flexibility index (Phi) is 2.63. The van der Waals surface area contributed by atoms with E-state index < -0.39 is 0 Å². The lowest BCUT2D eigenvalue weighted by atomic mass is 10.1. The van der Waals surface area contributed by atoms with Gasteiger partial charge in [-0.15, -0.1) is 0 Å². The van der Waals surface area contributed by atoms with Crippen LogP contribution in [0.4, 0.5) is 0 Å². The van der Waals surface area contributed by atoms with E-state index in [0.717, 1.165) is 18.6 Å². The van der Waals surface area contributed by atoms with Gasteiger partial charge in [0.1, 0.15) is 0 Å². The molecule has 0 spiro atoms. The van der Waals surface area contributed by atoms with Crippen LogP contribution >= 0.6 is 0 Å². The molecule has 0 unspecified atom stereocenters. The lowest BCUT2D eigenvalue weighted by Crippen LogP contribution is -2.30. The Morgan fingerprint density at radius 2 is 2.00 bits per heavy atom. The highest BCUT2D eigenvalue weighted by molar-refractivity contribution is 5.84. The molecule has 0 bridgehead atoms. The van der Waals surface area contributed by atoms with Crippen molar-refractivity contribution in [1.29, 1.82) is 0 Å². The molecule has 3 nitrogen and oxygen atoms in total. The smallest absolute Gasteiger partial charge is 0.0928 e. The van der Waals surface area contributed by atoms with E-state index in [0.29, 0.717) is 6.04 Å². The van der Waals surface area contributed by atoms with Gasteiger partial charge in [-0.2, -0.15) is 5.10 Å². The monoisotopic (exact) mass is 229 g/mol. The molecular weight excluding hydrogens is 210 g/mol. The fourth-order valence-electron chi connectivity index (χ4n) is 2.92. The molecule has 1 saturated heterocycles. The molecule has 17 heavy (non-hydrogen) atoms. The highest BCUT2D eigenvalue weighted by Gasteiger charge is 2.19. The number of hydrogen-bond acceptors (Lipinski definition) is 2. The molecule has 0 amide bonds. The summed E-state index contributed by atoms with van der Waals surface area (Å²) in [6, 6.07) is 6.95. The number of nitrogens with zero attached hydrogens (tertiary/aromatic N) is 2. The van der Waals surface area contributed by atoms with Crippen LogP contribution in [0.1, 0.15) is 30.1 Å². The van der Waals surface area contributed by atoms with Crippen LogP contribution in [0, 0.1) is 13.8 Å². The maximum Gasteiger partial charge on any atom is 0.0928 e. The quantitative estimate of drug-likeness (QED) is 0.814. The first-order chi connectivity index (χ1) is 8.27. The number of benzene rings is 1. The minimum absolute atomic E-state index is 0.572. The Morgan fingerprint density at radius 1 is 1.24 bits per heavy atom. The number of nitrogens with one attached hydrogen (secondary N) is 1. The molecular formula is C14H19N3. The van der Waals surface area contributed by atoms with Crippen molar-refractivity contribution in [3.8, 4) is 0 Å². The maximum atomic E-state index is 4.79. The van der Waals surface area contributed by atoms with Gasteiger partial charge in [-0.3, -0.25) is 4.68 Å². The summed E-state index contributed by atoms with van der Waals surface area (Å²) in [6.45, 7) is 6.59. The van der Waals surface area contributed by atoms with E-state index in [-0.39, 0.29) is 0 Å². The Morgan fingerprint density at radius 3 is 2.71 bits per heavy atom. The second-order valence-corrected chi connectivity index (χ2v) is 4.98. The Hall–Kier alpha value is -1.35. The third-order valence-corrected chi connectivity index (χ3v) is 3.83. The second kappa shape index (κ2) is 4.15. The van der Waals surface area contributed by atoms with Crippen LogP contribution in [0.15, 0.2) is 18.2 Å². The number of aryl methyl sites for hydroxylation is 2. The Balaban J connectivity index is 2.10. The van der Waals surface area contributed by atoms with E-state index in [9.17, 15) is 0 Å². The summed E-state index contributed by atoms with van der Waals surface area (Å²) in [5.41, 5.74) is 3.80. The van der Waals surface area contributed by atoms with Crippen LogP contribution in [0.5, 0.6) is 0 Å². The van der Waals surface area contributed by atoms with E-state index in [4.69, 9.17) is 5.10 Å². The number of fused-ring (bicyclic) bond motifs is 1. The van der Waals surface area contributed by atoms with E-state index in [1.807, 2.05) is 0 Å². The topological polar surface area (TPSA) is 29.9 Å². The maximum absolute atomic E-state index is 4.79. The van der Waals surface area contributed by atoms with Gasteiger partial charge in [-0.1, -0.05) is 12.1 Å². The van der Waals surface area contributed by atoms with E-state index in [1.165, 1.54) is 29.5 Å². The fourth-order valence-corrected chi connectivity index (χ4v) is 2.92. The number of aromatic nitrogens is 2. The standard InChI is InChI=1S/C14H19N3/c1-10-4-3-5-13-14(10)11(2)17(16-13)12-6-8-15-9-7-12/h3-5,12,15H,6-9H2,1-2H3. The molecule has 1 aliphatic rings. The van der Waals surface area contributed by atoms with Gasteiger partial charge in [0, 0.05) is 11.1 Å². The highest BCUT2D eigenvalue weighted by Crippen LogP contribution is 2.27. The predicted octanol–water partition coefficient (Wildman–Crippen LogP) is 2.58. The number of rotatable bonds is 1. The van der Waals surface area contributed by atoms with E-state index in [2.05, 4.69) is 42.0 Å². The van der Waals surface area contributed by atoms with Crippen LogP contribution in [0.2, 0.25) is 0 Å². The van der Waals surface area contributed by atoms with Crippen molar-refractivity contribution in [2.24, 2.45) is 0 Å². The molecule has 0 saturated carbocycles. The summed E-state index contributed by atoms with van der Waals surface area (Å²) < 4.78 is 2.25. The Labute approximate surface area is 102 Å². The molecule has 1 N–H and O–H groups in total. The summed E-state index contributed by atoms with van der Waals surface area (Å²) in [4.78, 5) is 0. The molecule has 3 heteroatoms. The summed E-state index contributed by atoms with van der Waals surface area (Å²) >= 11 is 0. The predicted molar refractivity (Wildman–Crippen MR) is 70.3 cm³/mol. The van der Waals surface area contributed by atoms with Gasteiger partial charge < -0.3 is 5.32 Å². The first kappa shape index (κ1) is 10.8. The normalized spacial score (nSPS) is 17.8. The average Bonchev–Trinajstić information content (AvgIpc) is 2.69. The number of piperidine rings is 1. The zero-order chi connectivity index (χ0) is 11.8. The summed E-state index contributed by atoms with van der Waals surface area (Å²) in [5, 5.41) is 9.53. The average molecular weight is 229 g/mol. The van der Waals surface area contributed by atoms with Crippen LogP contribution < -0.4 is 5.32 Å². The molecule has 1 aliphatic heterocycles. The van der Waals surface area contributed by atoms with Crippen molar-refractivity contribution in [2.75, 3.05) is 13.1 Å². The van der Waals surface area contributed by atoms with Crippen molar-refractivity contribution < 1.29 is 0 Å². The van der Waals surface area contributed by atoms with Crippen molar-refractivity contribution in [3.05, 3.63) is 29.5 Å². The largest absolute Gasteiger partial charge is 0.317 e. The molecule has 0 atom stereocenters. The van der Waals surface area contributed by atoms with Gasteiger partial charge in [0.15, 0.2) is 0 Å². The van der Waals surface area contributed by atoms with E-state index >= 15 is 0 Å². The first-order valence-electron chi connectivity index (χ1n) is 6.42. The van der Waals surface area contributed by atoms with E-state index in [1.54, 1.807) is 0 Å². The molecule has 0 aliphatic carbocycles. The second-order valence-electron chi connectivity index (χ2n) is 4.98. The molecule has 90 valence electrons. The molecule has 2 aromatic rings. The summed E-state index contributed by atoms with van der Waals surface area (Å²) in [5.74, 6) is 0. The van der Waals surface area contributed by atoms with Gasteiger partial charge in [-0.25, -0.2) is 0 Å². The fraction of sp³-hybridized carbons (Fsp3) is 0.500. The van der Waals surface area contributed by atoms with Crippen LogP contribution in [0.3, 0.4) is 0 Å². The van der Waals surface area contributed by atoms with Crippen LogP contribution in [0.25, 0.3) is 10.9 Å². The van der Waals surface area contributed by atoms with Gasteiger partial charge in [0.05, 0.1) is 11.6 Å². The van der Waals surface area contributed by atoms with Gasteiger partial charge >= 0.3 is 0 Å². The molecule has 3 rings (SSSR count). The summed E-state index contributed by atoms with van der Waals surface area (Å²) in [7, 11) is 0. The van der Waals surface area contributed by atoms with Crippen molar-refractivity contribution in [2.45, 2.75) is 32.7 Å². The van der Waals surface area contributed by atoms with Crippen LogP contribution in [-0.4, -0.2) is 22.9 Å². The molecule has 1 fully saturated rings. The molecule has 1 aromatic heterocycles. The molecule has 2 heterocycles. The van der Waals surface area contributed by atoms with Gasteiger partial charge in [0.25, 0.3) is 0 Å². The van der Waals surface area contributed by atoms with Gasteiger partial charge in [-0.05, 0) is 51.4 Å². The lowest BCUT2D eigenvalue weighted by molar-refractivity contribution is 0.340. The van der Waals surface area contributed by atoms with Crippen molar-refractivity contribution in [1.82, 2.24) is 15.1 Å². The molecule has 0 radical (unpaired) electrons. The van der Waals surface area contributed by atoms with Crippen molar-refractivity contribution in [3.63, 3.8) is 0 Å². The third-order valence-electron chi connectivity index (χ3n) is 3.83. The zero-order valence-corrected chi connectivity index (χ0v) is 10.5. The third kappa shape index (κ3) is 1.75. The SMILES string of the molecule is Cc1cccc2nn(C3CCNCC3)c(C)c12. The minimum Gasteiger partial charge on any atom is -0.317 e. The minimum atomic E-state index is 0.572. The summed E-state index contributed by atoms with van der Waals surface area (Å²) in [6.07, 6.45) is 2.38. The molecule has 1 aromatic carbocycles. The Bertz CT molecular complexity index is 536. The van der Waals surface area contributed by atoms with Crippen molar-refractivity contribution >= 4 is 10.9 Å². The van der Waals surface area contributed by atoms with Gasteiger partial charge in [0.2, 0.25) is 0 Å². The highest BCUT2D eigenvalue weighted by atomic mass is 15.3. The lowest BCUT2D eigenvalue weighted by Gasteiger charge is -2.24. The van der Waals surface area contributed by atoms with Crippen LogP contribution in [-0.2, 0) is 0 Å². The zero-order valence-electron chi connectivity index (χ0n) is 10.5. The first-order valence-corrected chi connectivity index (χ1v) is 6.42.